The molecule has 0 radical (unpaired) electrons. The van der Waals surface area contributed by atoms with E-state index in [1.807, 2.05) is 6.92 Å². The molecule has 1 aliphatic rings. The van der Waals surface area contributed by atoms with Crippen LogP contribution < -0.4 is 0 Å². The summed E-state index contributed by atoms with van der Waals surface area (Å²) in [5, 5.41) is 0. The van der Waals surface area contributed by atoms with E-state index in [4.69, 9.17) is 0 Å². The molecule has 4 heteroatoms. The van der Waals surface area contributed by atoms with Crippen molar-refractivity contribution in [3.63, 3.8) is 0 Å². The van der Waals surface area contributed by atoms with Crippen molar-refractivity contribution >= 4 is 0 Å². The van der Waals surface area contributed by atoms with Crippen molar-refractivity contribution in [3.8, 4) is 0 Å². The molecular formula is C14H18F3N. The zero-order valence-corrected chi connectivity index (χ0v) is 10.5. The van der Waals surface area contributed by atoms with Gasteiger partial charge in [-0.05, 0) is 45.0 Å². The molecule has 1 aromatic carbocycles. The molecule has 0 spiro atoms. The van der Waals surface area contributed by atoms with Crippen molar-refractivity contribution in [2.24, 2.45) is 0 Å². The largest absolute Gasteiger partial charge is 0.297 e. The van der Waals surface area contributed by atoms with E-state index < -0.39 is 12.2 Å². The van der Waals surface area contributed by atoms with Crippen LogP contribution in [0.25, 0.3) is 0 Å². The van der Waals surface area contributed by atoms with Gasteiger partial charge in [0.05, 0.1) is 0 Å². The number of benzene rings is 1. The molecule has 0 bridgehead atoms. The van der Waals surface area contributed by atoms with Crippen molar-refractivity contribution in [1.29, 1.82) is 0 Å². The van der Waals surface area contributed by atoms with Gasteiger partial charge < -0.3 is 0 Å². The molecule has 1 aromatic rings. The van der Waals surface area contributed by atoms with Gasteiger partial charge in [0, 0.05) is 17.2 Å². The average Bonchev–Trinajstić information content (AvgIpc) is 2.39. The number of piperidine rings is 1. The number of hydrogen-bond acceptors (Lipinski definition) is 1. The molecular weight excluding hydrogens is 239 g/mol. The number of nitrogens with zero attached hydrogens (tertiary/aromatic N) is 1. The molecule has 0 aliphatic carbocycles. The molecule has 1 aliphatic heterocycles. The summed E-state index contributed by atoms with van der Waals surface area (Å²) in [6.07, 6.45) is 0.849. The summed E-state index contributed by atoms with van der Waals surface area (Å²) in [7, 11) is 0. The number of halogens is 3. The molecule has 0 aromatic heterocycles. The number of rotatable bonds is 3. The highest BCUT2D eigenvalue weighted by molar-refractivity contribution is 5.28. The Kier molecular flexibility index (Phi) is 4.27. The van der Waals surface area contributed by atoms with Crippen LogP contribution in [0.1, 0.15) is 49.8 Å². The lowest BCUT2D eigenvalue weighted by Crippen LogP contribution is -2.32. The Hall–Kier alpha value is -1.03. The summed E-state index contributed by atoms with van der Waals surface area (Å²) in [4.78, 5) is 2.16. The van der Waals surface area contributed by atoms with Crippen LogP contribution in [0.2, 0.25) is 0 Å². The highest BCUT2D eigenvalue weighted by atomic mass is 19.3. The van der Waals surface area contributed by atoms with Gasteiger partial charge in [-0.3, -0.25) is 4.90 Å². The van der Waals surface area contributed by atoms with E-state index in [0.29, 0.717) is 5.56 Å². The monoisotopic (exact) mass is 257 g/mol. The van der Waals surface area contributed by atoms with Gasteiger partial charge in [0.15, 0.2) is 0 Å². The first kappa shape index (κ1) is 13.4. The summed E-state index contributed by atoms with van der Waals surface area (Å²) in [6, 6.07) is 3.48. The lowest BCUT2D eigenvalue weighted by atomic mass is 10.0. The molecule has 1 nitrogen and oxygen atoms in total. The summed E-state index contributed by atoms with van der Waals surface area (Å²) in [5.41, 5.74) is 0.282. The summed E-state index contributed by atoms with van der Waals surface area (Å²) in [6.45, 7) is 3.72. The fraction of sp³-hybridized carbons (Fsp3) is 0.571. The van der Waals surface area contributed by atoms with Crippen molar-refractivity contribution in [2.75, 3.05) is 13.1 Å². The van der Waals surface area contributed by atoms with Crippen LogP contribution >= 0.6 is 0 Å². The third-order valence-electron chi connectivity index (χ3n) is 3.66. The fourth-order valence-corrected chi connectivity index (χ4v) is 2.52. The normalized spacial score (nSPS) is 19.2. The van der Waals surface area contributed by atoms with E-state index in [0.717, 1.165) is 38.1 Å². The molecule has 1 saturated heterocycles. The maximum atomic E-state index is 13.8. The van der Waals surface area contributed by atoms with Gasteiger partial charge in [0.25, 0.3) is 6.43 Å². The molecule has 1 heterocycles. The number of alkyl halides is 2. The first-order chi connectivity index (χ1) is 8.59. The molecule has 0 amide bonds. The minimum absolute atomic E-state index is 0.102. The van der Waals surface area contributed by atoms with Gasteiger partial charge in [-0.1, -0.05) is 12.5 Å². The van der Waals surface area contributed by atoms with Gasteiger partial charge in [0.1, 0.15) is 5.82 Å². The van der Waals surface area contributed by atoms with Gasteiger partial charge in [-0.2, -0.15) is 0 Å². The summed E-state index contributed by atoms with van der Waals surface area (Å²) < 4.78 is 39.1. The van der Waals surface area contributed by atoms with E-state index in [9.17, 15) is 13.2 Å². The Morgan fingerprint density at radius 3 is 2.39 bits per heavy atom. The lowest BCUT2D eigenvalue weighted by molar-refractivity contribution is 0.149. The number of hydrogen-bond donors (Lipinski definition) is 0. The molecule has 100 valence electrons. The van der Waals surface area contributed by atoms with E-state index in [-0.39, 0.29) is 11.6 Å². The zero-order chi connectivity index (χ0) is 13.1. The van der Waals surface area contributed by atoms with E-state index >= 15 is 0 Å². The third kappa shape index (κ3) is 2.86. The van der Waals surface area contributed by atoms with E-state index in [2.05, 4.69) is 4.90 Å². The Labute approximate surface area is 106 Å². The van der Waals surface area contributed by atoms with Crippen LogP contribution in [0.5, 0.6) is 0 Å². The second-order valence-electron chi connectivity index (χ2n) is 4.85. The second kappa shape index (κ2) is 5.74. The van der Waals surface area contributed by atoms with Crippen LogP contribution in [-0.2, 0) is 0 Å². The standard InChI is InChI=1S/C14H18F3N/c1-10(18-7-3-2-4-8-18)12-9-11(14(16)17)5-6-13(12)15/h5-6,9-10,14H,2-4,7-8H2,1H3. The predicted octanol–water partition coefficient (Wildman–Crippen LogP) is 4.31. The zero-order valence-electron chi connectivity index (χ0n) is 10.5. The molecule has 1 unspecified atom stereocenters. The Morgan fingerprint density at radius 2 is 1.78 bits per heavy atom. The van der Waals surface area contributed by atoms with Gasteiger partial charge in [-0.15, -0.1) is 0 Å². The molecule has 0 saturated carbocycles. The molecule has 18 heavy (non-hydrogen) atoms. The topological polar surface area (TPSA) is 3.24 Å². The smallest absolute Gasteiger partial charge is 0.263 e. The van der Waals surface area contributed by atoms with Crippen molar-refractivity contribution < 1.29 is 13.2 Å². The highest BCUT2D eigenvalue weighted by Crippen LogP contribution is 2.29. The second-order valence-corrected chi connectivity index (χ2v) is 4.85. The quantitative estimate of drug-likeness (QED) is 0.780. The predicted molar refractivity (Wildman–Crippen MR) is 65.2 cm³/mol. The third-order valence-corrected chi connectivity index (χ3v) is 3.66. The Morgan fingerprint density at radius 1 is 1.11 bits per heavy atom. The number of likely N-dealkylation sites (tertiary alicyclic amines) is 1. The maximum Gasteiger partial charge on any atom is 0.263 e. The maximum absolute atomic E-state index is 13.8. The summed E-state index contributed by atoms with van der Waals surface area (Å²) >= 11 is 0. The minimum Gasteiger partial charge on any atom is -0.297 e. The molecule has 1 fully saturated rings. The first-order valence-corrected chi connectivity index (χ1v) is 6.41. The van der Waals surface area contributed by atoms with Crippen LogP contribution in [0.3, 0.4) is 0 Å². The summed E-state index contributed by atoms with van der Waals surface area (Å²) in [5.74, 6) is -0.391. The molecule has 1 atom stereocenters. The van der Waals surface area contributed by atoms with Crippen molar-refractivity contribution in [1.82, 2.24) is 4.90 Å². The molecule has 0 N–H and O–H groups in total. The van der Waals surface area contributed by atoms with E-state index in [1.165, 1.54) is 12.5 Å². The molecule has 2 rings (SSSR count). The first-order valence-electron chi connectivity index (χ1n) is 6.41. The van der Waals surface area contributed by atoms with Gasteiger partial charge >= 0.3 is 0 Å². The average molecular weight is 257 g/mol. The SMILES string of the molecule is CC(c1cc(C(F)F)ccc1F)N1CCCCC1. The van der Waals surface area contributed by atoms with E-state index in [1.54, 1.807) is 0 Å². The minimum atomic E-state index is -2.54. The fourth-order valence-electron chi connectivity index (χ4n) is 2.52. The van der Waals surface area contributed by atoms with Gasteiger partial charge in [0.2, 0.25) is 0 Å². The van der Waals surface area contributed by atoms with Crippen molar-refractivity contribution in [3.05, 3.63) is 35.1 Å². The Balaban J connectivity index is 2.22. The Bertz CT molecular complexity index is 400. The van der Waals surface area contributed by atoms with Crippen LogP contribution in [0.4, 0.5) is 13.2 Å². The highest BCUT2D eigenvalue weighted by Gasteiger charge is 2.22. The van der Waals surface area contributed by atoms with Crippen LogP contribution in [0.15, 0.2) is 18.2 Å². The lowest BCUT2D eigenvalue weighted by Gasteiger charge is -2.32. The van der Waals surface area contributed by atoms with Gasteiger partial charge in [-0.25, -0.2) is 13.2 Å². The van der Waals surface area contributed by atoms with Crippen LogP contribution in [-0.4, -0.2) is 18.0 Å². The van der Waals surface area contributed by atoms with Crippen molar-refractivity contribution in [2.45, 2.75) is 38.7 Å². The van der Waals surface area contributed by atoms with Crippen LogP contribution in [0, 0.1) is 5.82 Å².